The van der Waals surface area contributed by atoms with Crippen molar-refractivity contribution < 1.29 is 15.0 Å². The first-order chi connectivity index (χ1) is 8.53. The number of hydrogen-bond donors (Lipinski definition) is 3. The van der Waals surface area contributed by atoms with Gasteiger partial charge in [0.15, 0.2) is 0 Å². The van der Waals surface area contributed by atoms with Crippen molar-refractivity contribution in [2.45, 2.75) is 12.5 Å². The molecule has 0 aliphatic rings. The molecule has 0 saturated heterocycles. The number of hydrogen-bond acceptors (Lipinski definition) is 5. The molecule has 3 N–H and O–H groups in total. The van der Waals surface area contributed by atoms with Gasteiger partial charge in [0.05, 0.1) is 30.1 Å². The number of carbonyl (C=O) groups is 1. The Balaban J connectivity index is 2.14. The highest BCUT2D eigenvalue weighted by atomic mass is 16.3. The molecule has 2 rings (SSSR count). The number of fused-ring (bicyclic) bond motifs is 1. The van der Waals surface area contributed by atoms with Crippen molar-refractivity contribution in [3.05, 3.63) is 30.4 Å². The topological polar surface area (TPSA) is 99.8 Å². The van der Waals surface area contributed by atoms with Crippen molar-refractivity contribution in [3.8, 4) is 0 Å². The van der Waals surface area contributed by atoms with Crippen LogP contribution in [0.2, 0.25) is 0 Å². The number of carbonyl (C=O) groups excluding carboxylic acids is 1. The van der Waals surface area contributed by atoms with Crippen molar-refractivity contribution in [1.29, 1.82) is 0 Å². The Hall–Kier alpha value is -1.99. The Morgan fingerprint density at radius 1 is 1.56 bits per heavy atom. The van der Waals surface area contributed by atoms with E-state index in [1.54, 1.807) is 12.4 Å². The van der Waals surface area contributed by atoms with Crippen LogP contribution in [-0.2, 0) is 0 Å². The van der Waals surface area contributed by atoms with Crippen molar-refractivity contribution in [3.63, 3.8) is 0 Å². The number of nitrogens with one attached hydrogen (secondary N) is 1. The minimum Gasteiger partial charge on any atom is -0.393 e. The molecule has 0 saturated carbocycles. The molecule has 2 aromatic rings. The second-order valence-electron chi connectivity index (χ2n) is 4.30. The average Bonchev–Trinajstić information content (AvgIpc) is 2.80. The molecule has 96 valence electrons. The van der Waals surface area contributed by atoms with Gasteiger partial charge < -0.3 is 15.5 Å². The Kier molecular flexibility index (Phi) is 3.26. The molecule has 2 heterocycles. The summed E-state index contributed by atoms with van der Waals surface area (Å²) < 4.78 is 1.53. The molecule has 18 heavy (non-hydrogen) atoms. The van der Waals surface area contributed by atoms with Crippen molar-refractivity contribution in [2.24, 2.45) is 0 Å². The molecule has 0 radical (unpaired) electrons. The van der Waals surface area contributed by atoms with E-state index >= 15 is 0 Å². The molecule has 0 spiro atoms. The van der Waals surface area contributed by atoms with E-state index in [-0.39, 0.29) is 12.5 Å². The molecule has 7 heteroatoms. The van der Waals surface area contributed by atoms with E-state index in [4.69, 9.17) is 5.11 Å². The maximum absolute atomic E-state index is 11.9. The lowest BCUT2D eigenvalue weighted by molar-refractivity contribution is 0.00321. The predicted molar refractivity (Wildman–Crippen MR) is 63.0 cm³/mol. The van der Waals surface area contributed by atoms with E-state index in [1.165, 1.54) is 23.8 Å². The Morgan fingerprint density at radius 2 is 2.33 bits per heavy atom. The quantitative estimate of drug-likeness (QED) is 0.660. The van der Waals surface area contributed by atoms with Crippen LogP contribution in [0.3, 0.4) is 0 Å². The molecule has 0 bridgehead atoms. The van der Waals surface area contributed by atoms with Gasteiger partial charge in [0.2, 0.25) is 0 Å². The highest BCUT2D eigenvalue weighted by Crippen LogP contribution is 2.08. The smallest absolute Gasteiger partial charge is 0.255 e. The highest BCUT2D eigenvalue weighted by molar-refractivity contribution is 6.00. The van der Waals surface area contributed by atoms with E-state index in [9.17, 15) is 9.90 Å². The molecular weight excluding hydrogens is 236 g/mol. The number of aliphatic hydroxyl groups excluding tert-OH is 1. The molecule has 0 fully saturated rings. The van der Waals surface area contributed by atoms with Gasteiger partial charge in [-0.1, -0.05) is 0 Å². The number of nitrogens with zero attached hydrogens (tertiary/aromatic N) is 3. The lowest BCUT2D eigenvalue weighted by Gasteiger charge is -2.20. The Bertz CT molecular complexity index is 564. The summed E-state index contributed by atoms with van der Waals surface area (Å²) in [5.74, 6) is -0.369. The largest absolute Gasteiger partial charge is 0.393 e. The average molecular weight is 250 g/mol. The van der Waals surface area contributed by atoms with Crippen LogP contribution in [0.4, 0.5) is 0 Å². The summed E-state index contributed by atoms with van der Waals surface area (Å²) in [5.41, 5.74) is -0.382. The van der Waals surface area contributed by atoms with Crippen LogP contribution < -0.4 is 5.32 Å². The third-order valence-corrected chi connectivity index (χ3v) is 2.54. The minimum atomic E-state index is -1.34. The van der Waals surface area contributed by atoms with Gasteiger partial charge in [-0.3, -0.25) is 9.78 Å². The van der Waals surface area contributed by atoms with Crippen molar-refractivity contribution in [2.75, 3.05) is 13.2 Å². The van der Waals surface area contributed by atoms with E-state index in [1.807, 2.05) is 0 Å². The number of aliphatic hydroxyl groups is 2. The lowest BCUT2D eigenvalue weighted by Crippen LogP contribution is -2.43. The van der Waals surface area contributed by atoms with Gasteiger partial charge in [-0.25, -0.2) is 4.52 Å². The molecule has 2 aromatic heterocycles. The third kappa shape index (κ3) is 2.47. The van der Waals surface area contributed by atoms with Crippen LogP contribution in [0, 0.1) is 0 Å². The highest BCUT2D eigenvalue weighted by Gasteiger charge is 2.21. The van der Waals surface area contributed by atoms with E-state index in [0.717, 1.165) is 0 Å². The molecular formula is C11H14N4O3. The van der Waals surface area contributed by atoms with E-state index < -0.39 is 12.2 Å². The third-order valence-electron chi connectivity index (χ3n) is 2.54. The molecule has 7 nitrogen and oxygen atoms in total. The van der Waals surface area contributed by atoms with Gasteiger partial charge in [0.1, 0.15) is 5.60 Å². The van der Waals surface area contributed by atoms with Gasteiger partial charge in [-0.2, -0.15) is 5.10 Å². The number of aromatic nitrogens is 3. The van der Waals surface area contributed by atoms with E-state index in [2.05, 4.69) is 15.4 Å². The van der Waals surface area contributed by atoms with Crippen LogP contribution in [0.1, 0.15) is 17.3 Å². The van der Waals surface area contributed by atoms with Gasteiger partial charge in [-0.05, 0) is 6.92 Å². The van der Waals surface area contributed by atoms with Crippen LogP contribution in [0.5, 0.6) is 0 Å². The fourth-order valence-electron chi connectivity index (χ4n) is 1.43. The maximum Gasteiger partial charge on any atom is 0.255 e. The summed E-state index contributed by atoms with van der Waals surface area (Å²) in [5, 5.41) is 25.0. The summed E-state index contributed by atoms with van der Waals surface area (Å²) in [6, 6.07) is 0. The van der Waals surface area contributed by atoms with Gasteiger partial charge in [0, 0.05) is 18.9 Å². The van der Waals surface area contributed by atoms with Gasteiger partial charge in [-0.15, -0.1) is 0 Å². The van der Waals surface area contributed by atoms with Crippen LogP contribution >= 0.6 is 0 Å². The zero-order chi connectivity index (χ0) is 13.2. The van der Waals surface area contributed by atoms with Crippen LogP contribution in [-0.4, -0.2) is 49.5 Å². The first-order valence-electron chi connectivity index (χ1n) is 5.42. The molecule has 0 aromatic carbocycles. The van der Waals surface area contributed by atoms with E-state index in [0.29, 0.717) is 11.1 Å². The van der Waals surface area contributed by atoms with Crippen molar-refractivity contribution in [1.82, 2.24) is 19.9 Å². The van der Waals surface area contributed by atoms with Crippen LogP contribution in [0.25, 0.3) is 5.52 Å². The SMILES string of the molecule is CC(O)(CO)CNC(=O)c1cnn2ccncc12. The Labute approximate surface area is 103 Å². The zero-order valence-electron chi connectivity index (χ0n) is 9.87. The standard InChI is InChI=1S/C11H14N4O3/c1-11(18,7-16)6-13-10(17)8-4-14-15-3-2-12-5-9(8)15/h2-5,16,18H,6-7H2,1H3,(H,13,17). The molecule has 0 aliphatic heterocycles. The van der Waals surface area contributed by atoms with Crippen molar-refractivity contribution >= 4 is 11.4 Å². The zero-order valence-corrected chi connectivity index (χ0v) is 9.87. The lowest BCUT2D eigenvalue weighted by atomic mass is 10.1. The summed E-state index contributed by atoms with van der Waals surface area (Å²) in [4.78, 5) is 15.8. The number of amides is 1. The molecule has 1 atom stereocenters. The number of rotatable bonds is 4. The monoisotopic (exact) mass is 250 g/mol. The Morgan fingerprint density at radius 3 is 3.06 bits per heavy atom. The molecule has 1 amide bonds. The summed E-state index contributed by atoms with van der Waals surface area (Å²) in [6.07, 6.45) is 6.17. The normalized spacial score (nSPS) is 14.4. The summed E-state index contributed by atoms with van der Waals surface area (Å²) in [7, 11) is 0. The molecule has 0 aliphatic carbocycles. The van der Waals surface area contributed by atoms with Gasteiger partial charge in [0.25, 0.3) is 5.91 Å². The van der Waals surface area contributed by atoms with Crippen LogP contribution in [0.15, 0.2) is 24.8 Å². The first-order valence-corrected chi connectivity index (χ1v) is 5.42. The predicted octanol–water partition coefficient (Wildman–Crippen LogP) is -0.798. The fraction of sp³-hybridized carbons (Fsp3) is 0.364. The molecule has 1 unspecified atom stereocenters. The minimum absolute atomic E-state index is 0.0417. The second kappa shape index (κ2) is 4.71. The maximum atomic E-state index is 11.9. The summed E-state index contributed by atoms with van der Waals surface area (Å²) in [6.45, 7) is 0.967. The first kappa shape index (κ1) is 12.5. The second-order valence-corrected chi connectivity index (χ2v) is 4.30. The summed E-state index contributed by atoms with van der Waals surface area (Å²) >= 11 is 0. The van der Waals surface area contributed by atoms with Gasteiger partial charge >= 0.3 is 0 Å². The fourth-order valence-corrected chi connectivity index (χ4v) is 1.43.